The van der Waals surface area contributed by atoms with Crippen LogP contribution in [0.3, 0.4) is 0 Å². The van der Waals surface area contributed by atoms with E-state index in [2.05, 4.69) is 77.4 Å². The minimum Gasteiger partial charge on any atom is -0.412 e. The first-order valence-electron chi connectivity index (χ1n) is 15.7. The highest BCUT2D eigenvalue weighted by Crippen LogP contribution is 2.61. The third-order valence-electron chi connectivity index (χ3n) is 9.57. The van der Waals surface area contributed by atoms with Crippen LogP contribution in [0.15, 0.2) is 42.5 Å². The van der Waals surface area contributed by atoms with Crippen LogP contribution < -0.4 is 0 Å². The fraction of sp³-hybridized carbons (Fsp3) is 0.647. The second-order valence-electron chi connectivity index (χ2n) is 15.1. The molecule has 1 aliphatic heterocycles. The lowest BCUT2D eigenvalue weighted by atomic mass is 9.51. The molecule has 3 fully saturated rings. The summed E-state index contributed by atoms with van der Waals surface area (Å²) in [6.07, 6.45) is 7.42. The van der Waals surface area contributed by atoms with Gasteiger partial charge in [-0.1, -0.05) is 62.2 Å². The normalized spacial score (nSPS) is 30.2. The van der Waals surface area contributed by atoms with Crippen LogP contribution in [0.5, 0.6) is 0 Å². The Kier molecular flexibility index (Phi) is 8.81. The van der Waals surface area contributed by atoms with Crippen molar-refractivity contribution in [1.29, 1.82) is 0 Å². The van der Waals surface area contributed by atoms with Gasteiger partial charge in [-0.3, -0.25) is 0 Å². The summed E-state index contributed by atoms with van der Waals surface area (Å²) in [6.45, 7) is 17.3. The summed E-state index contributed by atoms with van der Waals surface area (Å²) in [5.41, 5.74) is 5.04. The van der Waals surface area contributed by atoms with E-state index >= 15 is 0 Å². The minimum atomic E-state index is -2.08. The maximum absolute atomic E-state index is 12.5. The maximum Gasteiger partial charge on any atom is 0.221 e. The summed E-state index contributed by atoms with van der Waals surface area (Å²) < 4.78 is 20.2. The Balaban J connectivity index is 1.43. The molecule has 2 aromatic rings. The number of ether oxygens (including phenoxy) is 1. The van der Waals surface area contributed by atoms with Crippen LogP contribution in [0.25, 0.3) is 0 Å². The molecule has 0 amide bonds. The van der Waals surface area contributed by atoms with Gasteiger partial charge in [0.2, 0.25) is 5.79 Å². The highest BCUT2D eigenvalue weighted by Gasteiger charge is 2.56. The molecule has 0 radical (unpaired) electrons. The summed E-state index contributed by atoms with van der Waals surface area (Å²) in [5, 5.41) is 13.2. The lowest BCUT2D eigenvalue weighted by Crippen LogP contribution is -2.64. The van der Waals surface area contributed by atoms with Gasteiger partial charge in [-0.05, 0) is 118 Å². The molecule has 5 rings (SSSR count). The molecule has 0 aromatic heterocycles. The van der Waals surface area contributed by atoms with Gasteiger partial charge in [0.1, 0.15) is 6.10 Å². The molecule has 1 N–H and O–H groups in total. The van der Waals surface area contributed by atoms with Crippen molar-refractivity contribution in [3.8, 4) is 0 Å². The van der Waals surface area contributed by atoms with Crippen LogP contribution in [0.1, 0.15) is 80.5 Å². The van der Waals surface area contributed by atoms with Gasteiger partial charge in [-0.2, -0.15) is 0 Å². The first-order chi connectivity index (χ1) is 19.1. The summed E-state index contributed by atoms with van der Waals surface area (Å²) in [5.74, 6) is -0.825. The molecule has 4 nitrogen and oxygen atoms in total. The molecule has 7 heteroatoms. The first-order valence-corrected chi connectivity index (χ1v) is 22.9. The molecule has 226 valence electrons. The smallest absolute Gasteiger partial charge is 0.221 e. The predicted octanol–water partition coefficient (Wildman–Crippen LogP) is 9.01. The van der Waals surface area contributed by atoms with Crippen molar-refractivity contribution < 1.29 is 18.7 Å². The van der Waals surface area contributed by atoms with E-state index < -0.39 is 28.5 Å². The lowest BCUT2D eigenvalue weighted by molar-refractivity contribution is -0.339. The topological polar surface area (TPSA) is 47.9 Å². The van der Waals surface area contributed by atoms with Crippen molar-refractivity contribution in [1.82, 2.24) is 0 Å². The number of halogens is 1. The van der Waals surface area contributed by atoms with Crippen molar-refractivity contribution in [3.05, 3.63) is 69.7 Å². The Morgan fingerprint density at radius 3 is 2.12 bits per heavy atom. The molecule has 2 aliphatic carbocycles. The molecule has 2 aromatic carbocycles. The average Bonchev–Trinajstić information content (AvgIpc) is 2.83. The molecular formula is C34H51ClO4Si2. The van der Waals surface area contributed by atoms with E-state index in [1.165, 1.54) is 43.2 Å². The van der Waals surface area contributed by atoms with Gasteiger partial charge >= 0.3 is 0 Å². The largest absolute Gasteiger partial charge is 0.412 e. The minimum absolute atomic E-state index is 0.0912. The van der Waals surface area contributed by atoms with Gasteiger partial charge in [0.15, 0.2) is 16.6 Å². The van der Waals surface area contributed by atoms with E-state index in [9.17, 15) is 5.11 Å². The summed E-state index contributed by atoms with van der Waals surface area (Å²) in [4.78, 5) is 0. The second kappa shape index (κ2) is 11.5. The van der Waals surface area contributed by atoms with Crippen molar-refractivity contribution >= 4 is 28.2 Å². The number of hydrogen-bond donors (Lipinski definition) is 1. The van der Waals surface area contributed by atoms with E-state index in [0.29, 0.717) is 22.4 Å². The predicted molar refractivity (Wildman–Crippen MR) is 174 cm³/mol. The summed E-state index contributed by atoms with van der Waals surface area (Å²) in [6, 6.07) is 14.9. The standard InChI is InChI=1S/C34H51ClO4Si2/c1-9-30-23(2)31(38-40(3,4)5)32(39-41(6,7)8)34(36,37-30)28-15-16-29(35)26(20-28)19-24-11-13-25(14-12-24)27-21-33(22-27)17-10-18-33/h11-16,20,23,27,30-32,36H,9-10,17-19,21-22H2,1-8H3/t23-,30-,31+,32-,34?/m1/s1. The van der Waals surface area contributed by atoms with E-state index in [1.807, 2.05) is 18.2 Å². The third-order valence-corrected chi connectivity index (χ3v) is 11.9. The van der Waals surface area contributed by atoms with Crippen molar-refractivity contribution in [2.75, 3.05) is 0 Å². The van der Waals surface area contributed by atoms with Crippen molar-refractivity contribution in [2.24, 2.45) is 11.3 Å². The molecule has 1 saturated heterocycles. The molecule has 2 saturated carbocycles. The van der Waals surface area contributed by atoms with Gasteiger partial charge in [0, 0.05) is 16.5 Å². The summed E-state index contributed by atoms with van der Waals surface area (Å²) >= 11 is 6.77. The van der Waals surface area contributed by atoms with Gasteiger partial charge < -0.3 is 18.7 Å². The molecular weight excluding hydrogens is 564 g/mol. The highest BCUT2D eigenvalue weighted by atomic mass is 35.5. The molecule has 5 atom stereocenters. The quantitative estimate of drug-likeness (QED) is 0.286. The Hall–Kier alpha value is -0.996. The van der Waals surface area contributed by atoms with Gasteiger partial charge in [-0.25, -0.2) is 0 Å². The second-order valence-corrected chi connectivity index (χ2v) is 24.5. The van der Waals surface area contributed by atoms with Crippen LogP contribution in [0, 0.1) is 11.3 Å². The Labute approximate surface area is 255 Å². The first kappa shape index (κ1) is 31.4. The molecule has 3 aliphatic rings. The van der Waals surface area contributed by atoms with Crippen LogP contribution in [0.4, 0.5) is 0 Å². The van der Waals surface area contributed by atoms with E-state index in [4.69, 9.17) is 25.2 Å². The van der Waals surface area contributed by atoms with Crippen LogP contribution in [0.2, 0.25) is 44.3 Å². The Morgan fingerprint density at radius 1 is 0.951 bits per heavy atom. The highest BCUT2D eigenvalue weighted by molar-refractivity contribution is 6.70. The zero-order valence-electron chi connectivity index (χ0n) is 26.4. The molecule has 1 heterocycles. The Morgan fingerprint density at radius 2 is 1.59 bits per heavy atom. The maximum atomic E-state index is 12.5. The van der Waals surface area contributed by atoms with Gasteiger partial charge in [-0.15, -0.1) is 0 Å². The monoisotopic (exact) mass is 614 g/mol. The lowest BCUT2D eigenvalue weighted by Gasteiger charge is -2.54. The molecule has 41 heavy (non-hydrogen) atoms. The van der Waals surface area contributed by atoms with E-state index in [-0.39, 0.29) is 18.1 Å². The number of hydrogen-bond acceptors (Lipinski definition) is 4. The number of aliphatic hydroxyl groups is 1. The zero-order valence-corrected chi connectivity index (χ0v) is 29.2. The Bertz CT molecular complexity index is 1210. The van der Waals surface area contributed by atoms with E-state index in [1.54, 1.807) is 0 Å². The average molecular weight is 615 g/mol. The third kappa shape index (κ3) is 6.74. The van der Waals surface area contributed by atoms with E-state index in [0.717, 1.165) is 17.9 Å². The van der Waals surface area contributed by atoms with Crippen molar-refractivity contribution in [2.45, 2.75) is 128 Å². The SMILES string of the molecule is CC[C@H]1OC(O)(c2ccc(Cl)c(Cc3ccc(C4CC5(CCC5)C4)cc3)c2)[C@H](O[Si](C)(C)C)[C@@H](O[Si](C)(C)C)[C@@H]1C. The van der Waals surface area contributed by atoms with Gasteiger partial charge in [0.25, 0.3) is 0 Å². The number of benzene rings is 2. The fourth-order valence-corrected chi connectivity index (χ4v) is 9.67. The molecule has 1 spiro atoms. The molecule has 0 bridgehead atoms. The number of rotatable bonds is 9. The van der Waals surface area contributed by atoms with Gasteiger partial charge in [0.05, 0.1) is 12.2 Å². The van der Waals surface area contributed by atoms with Crippen LogP contribution >= 0.6 is 11.6 Å². The zero-order chi connectivity index (χ0) is 29.8. The van der Waals surface area contributed by atoms with Crippen LogP contribution in [-0.4, -0.2) is 40.1 Å². The molecule has 1 unspecified atom stereocenters. The fourth-order valence-electron chi connectivity index (χ4n) is 7.27. The van der Waals surface area contributed by atoms with Crippen LogP contribution in [-0.2, 0) is 25.8 Å². The summed E-state index contributed by atoms with van der Waals surface area (Å²) in [7, 11) is -4.03. The van der Waals surface area contributed by atoms with Crippen molar-refractivity contribution in [3.63, 3.8) is 0 Å².